The van der Waals surface area contributed by atoms with Crippen molar-refractivity contribution in [1.29, 1.82) is 5.26 Å². The maximum absolute atomic E-state index is 12.4. The Bertz CT molecular complexity index is 1040. The van der Waals surface area contributed by atoms with E-state index < -0.39 is 5.78 Å². The Hall–Kier alpha value is -3.53. The van der Waals surface area contributed by atoms with Crippen LogP contribution in [0.25, 0.3) is 10.9 Å². The highest BCUT2D eigenvalue weighted by Gasteiger charge is 2.24. The van der Waals surface area contributed by atoms with Crippen LogP contribution in [0.2, 0.25) is 0 Å². The molecule has 0 fully saturated rings. The van der Waals surface area contributed by atoms with Crippen LogP contribution in [-0.4, -0.2) is 21.6 Å². The summed E-state index contributed by atoms with van der Waals surface area (Å²) in [6.07, 6.45) is 1.71. The lowest BCUT2D eigenvalue weighted by Crippen LogP contribution is -2.15. The molecule has 0 aliphatic heterocycles. The first kappa shape index (κ1) is 17.3. The SMILES string of the molecule is CC(C)(C)c1cc(C(=O)C(C#N)=NNc2ccc3ncccc3c2)no1. The molecule has 0 saturated carbocycles. The highest BCUT2D eigenvalue weighted by molar-refractivity contribution is 6.51. The van der Waals surface area contributed by atoms with E-state index in [0.29, 0.717) is 11.4 Å². The van der Waals surface area contributed by atoms with E-state index in [1.807, 2.05) is 45.0 Å². The van der Waals surface area contributed by atoms with Gasteiger partial charge in [-0.2, -0.15) is 10.4 Å². The van der Waals surface area contributed by atoms with Crippen LogP contribution in [0, 0.1) is 11.3 Å². The summed E-state index contributed by atoms with van der Waals surface area (Å²) >= 11 is 0. The molecule has 0 radical (unpaired) electrons. The molecule has 0 amide bonds. The Morgan fingerprint density at radius 3 is 2.77 bits per heavy atom. The van der Waals surface area contributed by atoms with Gasteiger partial charge in [-0.25, -0.2) is 0 Å². The molecule has 1 N–H and O–H groups in total. The van der Waals surface area contributed by atoms with Crippen LogP contribution in [0.1, 0.15) is 37.0 Å². The molecule has 7 nitrogen and oxygen atoms in total. The van der Waals surface area contributed by atoms with E-state index in [1.165, 1.54) is 6.07 Å². The predicted molar refractivity (Wildman–Crippen MR) is 97.9 cm³/mol. The molecular formula is C19H17N5O2. The number of nitrogens with one attached hydrogen (secondary N) is 1. The molecule has 3 rings (SSSR count). The number of fused-ring (bicyclic) bond motifs is 1. The molecule has 0 aliphatic carbocycles. The van der Waals surface area contributed by atoms with Gasteiger partial charge in [-0.15, -0.1) is 0 Å². The molecule has 130 valence electrons. The number of carbonyl (C=O) groups is 1. The molecule has 0 spiro atoms. The average Bonchev–Trinajstić information content (AvgIpc) is 3.12. The van der Waals surface area contributed by atoms with Gasteiger partial charge in [0.1, 0.15) is 11.8 Å². The van der Waals surface area contributed by atoms with Crippen molar-refractivity contribution in [3.05, 3.63) is 54.0 Å². The van der Waals surface area contributed by atoms with Crippen molar-refractivity contribution in [2.75, 3.05) is 5.43 Å². The van der Waals surface area contributed by atoms with Crippen LogP contribution >= 0.6 is 0 Å². The normalized spacial score (nSPS) is 12.0. The first-order valence-corrected chi connectivity index (χ1v) is 7.99. The first-order valence-electron chi connectivity index (χ1n) is 7.99. The zero-order valence-electron chi connectivity index (χ0n) is 14.6. The number of anilines is 1. The molecule has 3 aromatic rings. The minimum atomic E-state index is -0.596. The number of hydrogen-bond acceptors (Lipinski definition) is 7. The molecule has 1 aromatic carbocycles. The van der Waals surface area contributed by atoms with Gasteiger partial charge in [-0.05, 0) is 24.3 Å². The van der Waals surface area contributed by atoms with Gasteiger partial charge in [0, 0.05) is 23.1 Å². The molecule has 0 aliphatic rings. The monoisotopic (exact) mass is 347 g/mol. The molecule has 0 unspecified atom stereocenters. The number of hydrazone groups is 1. The fraction of sp³-hybridized carbons (Fsp3) is 0.211. The summed E-state index contributed by atoms with van der Waals surface area (Å²) in [5.41, 5.74) is 3.69. The topological polar surface area (TPSA) is 104 Å². The van der Waals surface area contributed by atoms with Gasteiger partial charge in [-0.1, -0.05) is 32.0 Å². The van der Waals surface area contributed by atoms with Gasteiger partial charge in [-0.3, -0.25) is 15.2 Å². The van der Waals surface area contributed by atoms with E-state index in [0.717, 1.165) is 10.9 Å². The summed E-state index contributed by atoms with van der Waals surface area (Å²) in [7, 11) is 0. The third kappa shape index (κ3) is 3.59. The number of carbonyl (C=O) groups excluding carboxylic acids is 1. The number of pyridine rings is 1. The maximum atomic E-state index is 12.4. The molecule has 0 bridgehead atoms. The summed E-state index contributed by atoms with van der Waals surface area (Å²) in [6, 6.07) is 12.5. The van der Waals surface area contributed by atoms with Gasteiger partial charge >= 0.3 is 0 Å². The number of rotatable bonds is 4. The van der Waals surface area contributed by atoms with Crippen LogP contribution in [0.15, 0.2) is 52.2 Å². The third-order valence-electron chi connectivity index (χ3n) is 3.70. The standard InChI is InChI=1S/C19H17N5O2/c1-19(2,3)17-10-15(24-26-17)18(25)16(11-20)23-22-13-6-7-14-12(9-13)5-4-8-21-14/h4-10,22H,1-3H3. The second-order valence-corrected chi connectivity index (χ2v) is 6.75. The largest absolute Gasteiger partial charge is 0.360 e. The Balaban J connectivity index is 1.82. The molecule has 26 heavy (non-hydrogen) atoms. The van der Waals surface area contributed by atoms with E-state index in [1.54, 1.807) is 18.3 Å². The zero-order valence-corrected chi connectivity index (χ0v) is 14.6. The van der Waals surface area contributed by atoms with Crippen molar-refractivity contribution in [3.63, 3.8) is 0 Å². The Morgan fingerprint density at radius 2 is 2.08 bits per heavy atom. The van der Waals surface area contributed by atoms with Crippen molar-refractivity contribution in [1.82, 2.24) is 10.1 Å². The second-order valence-electron chi connectivity index (χ2n) is 6.75. The number of aromatic nitrogens is 2. The van der Waals surface area contributed by atoms with Crippen molar-refractivity contribution >= 4 is 28.1 Å². The van der Waals surface area contributed by atoms with Gasteiger partial charge in [0.2, 0.25) is 11.5 Å². The lowest BCUT2D eigenvalue weighted by Gasteiger charge is -2.11. The molecular weight excluding hydrogens is 330 g/mol. The van der Waals surface area contributed by atoms with Crippen LogP contribution in [0.4, 0.5) is 5.69 Å². The van der Waals surface area contributed by atoms with E-state index in [9.17, 15) is 10.1 Å². The summed E-state index contributed by atoms with van der Waals surface area (Å²) < 4.78 is 5.19. The fourth-order valence-electron chi connectivity index (χ4n) is 2.25. The van der Waals surface area contributed by atoms with Gasteiger partial charge in [0.25, 0.3) is 0 Å². The van der Waals surface area contributed by atoms with Crippen molar-refractivity contribution in [2.45, 2.75) is 26.2 Å². The summed E-state index contributed by atoms with van der Waals surface area (Å²) in [5, 5.41) is 17.9. The predicted octanol–water partition coefficient (Wildman–Crippen LogP) is 3.69. The number of nitriles is 1. The molecule has 2 aromatic heterocycles. The number of hydrogen-bond donors (Lipinski definition) is 1. The lowest BCUT2D eigenvalue weighted by molar-refractivity contribution is 0.105. The molecule has 2 heterocycles. The Kier molecular flexibility index (Phi) is 4.50. The van der Waals surface area contributed by atoms with Gasteiger partial charge < -0.3 is 4.52 Å². The Morgan fingerprint density at radius 1 is 1.27 bits per heavy atom. The van der Waals surface area contributed by atoms with Crippen LogP contribution in [0.3, 0.4) is 0 Å². The van der Waals surface area contributed by atoms with Crippen molar-refractivity contribution in [3.8, 4) is 6.07 Å². The number of Topliss-reactive ketones (excluding diaryl/α,β-unsaturated/α-hetero) is 1. The summed E-state index contributed by atoms with van der Waals surface area (Å²) in [6.45, 7) is 5.83. The molecule has 7 heteroatoms. The van der Waals surface area contributed by atoms with Crippen molar-refractivity contribution < 1.29 is 9.32 Å². The number of nitrogens with zero attached hydrogens (tertiary/aromatic N) is 4. The minimum absolute atomic E-state index is 0.0553. The number of ketones is 1. The van der Waals surface area contributed by atoms with Gasteiger partial charge in [0.05, 0.1) is 11.2 Å². The minimum Gasteiger partial charge on any atom is -0.360 e. The number of benzene rings is 1. The highest BCUT2D eigenvalue weighted by atomic mass is 16.5. The molecule has 0 saturated heterocycles. The Labute approximate surface area is 150 Å². The van der Waals surface area contributed by atoms with Crippen LogP contribution in [-0.2, 0) is 5.41 Å². The van der Waals surface area contributed by atoms with Crippen LogP contribution < -0.4 is 5.43 Å². The van der Waals surface area contributed by atoms with E-state index in [2.05, 4.69) is 20.7 Å². The highest BCUT2D eigenvalue weighted by Crippen LogP contribution is 2.23. The lowest BCUT2D eigenvalue weighted by atomic mass is 9.93. The summed E-state index contributed by atoms with van der Waals surface area (Å²) in [5.74, 6) is -0.0326. The zero-order chi connectivity index (χ0) is 18.7. The van der Waals surface area contributed by atoms with E-state index in [4.69, 9.17) is 4.52 Å². The van der Waals surface area contributed by atoms with E-state index in [-0.39, 0.29) is 16.8 Å². The summed E-state index contributed by atoms with van der Waals surface area (Å²) in [4.78, 5) is 16.7. The van der Waals surface area contributed by atoms with Crippen molar-refractivity contribution in [2.24, 2.45) is 5.10 Å². The quantitative estimate of drug-likeness (QED) is 0.438. The van der Waals surface area contributed by atoms with Gasteiger partial charge in [0.15, 0.2) is 5.69 Å². The maximum Gasteiger partial charge on any atom is 0.245 e. The second kappa shape index (κ2) is 6.76. The third-order valence-corrected chi connectivity index (χ3v) is 3.70. The smallest absolute Gasteiger partial charge is 0.245 e. The van der Waals surface area contributed by atoms with E-state index >= 15 is 0 Å². The fourth-order valence-corrected chi connectivity index (χ4v) is 2.25. The average molecular weight is 347 g/mol. The van der Waals surface area contributed by atoms with Crippen LogP contribution in [0.5, 0.6) is 0 Å². The first-order chi connectivity index (χ1) is 12.4. The molecule has 0 atom stereocenters.